The van der Waals surface area contributed by atoms with Crippen LogP contribution >= 0.6 is 0 Å². The molecule has 3 rings (SSSR count). The Hall–Kier alpha value is -0.300. The first-order valence-corrected chi connectivity index (χ1v) is 8.96. The van der Waals surface area contributed by atoms with Crippen molar-refractivity contribution in [2.75, 3.05) is 6.61 Å². The highest BCUT2D eigenvalue weighted by molar-refractivity contribution is 5.21. The smallest absolute Gasteiger partial charge is 0.0433 e. The molecule has 1 N–H and O–H groups in total. The van der Waals surface area contributed by atoms with Gasteiger partial charge in [0.2, 0.25) is 0 Å². The van der Waals surface area contributed by atoms with Gasteiger partial charge in [0.25, 0.3) is 0 Å². The van der Waals surface area contributed by atoms with Crippen molar-refractivity contribution in [3.63, 3.8) is 0 Å². The van der Waals surface area contributed by atoms with E-state index in [1.54, 1.807) is 0 Å². The van der Waals surface area contributed by atoms with Crippen LogP contribution in [-0.4, -0.2) is 11.7 Å². The molecule has 0 aliphatic heterocycles. The summed E-state index contributed by atoms with van der Waals surface area (Å²) in [6, 6.07) is 0. The Morgan fingerprint density at radius 3 is 2.71 bits per heavy atom. The van der Waals surface area contributed by atoms with Crippen LogP contribution in [0.1, 0.15) is 65.2 Å². The van der Waals surface area contributed by atoms with E-state index in [1.807, 2.05) is 0 Å². The van der Waals surface area contributed by atoms with Crippen molar-refractivity contribution in [2.24, 2.45) is 28.6 Å². The first-order valence-electron chi connectivity index (χ1n) is 8.96. The Labute approximate surface area is 131 Å². The summed E-state index contributed by atoms with van der Waals surface area (Å²) in [5.74, 6) is 2.21. The molecule has 0 heterocycles. The molecule has 3 aliphatic rings. The van der Waals surface area contributed by atoms with Gasteiger partial charge in [0, 0.05) is 6.61 Å². The van der Waals surface area contributed by atoms with Gasteiger partial charge in [-0.15, -0.1) is 0 Å². The van der Waals surface area contributed by atoms with Crippen molar-refractivity contribution >= 4 is 0 Å². The van der Waals surface area contributed by atoms with Gasteiger partial charge in [-0.3, -0.25) is 0 Å². The number of allylic oxidation sites excluding steroid dienone is 1. The summed E-state index contributed by atoms with van der Waals surface area (Å²) in [5.41, 5.74) is 2.23. The van der Waals surface area contributed by atoms with E-state index >= 15 is 0 Å². The molecule has 0 spiro atoms. The van der Waals surface area contributed by atoms with Crippen molar-refractivity contribution in [2.45, 2.75) is 65.2 Å². The molecule has 1 heteroatoms. The highest BCUT2D eigenvalue weighted by Crippen LogP contribution is 2.63. The fraction of sp³-hybridized carbons (Fsp3) is 0.800. The third-order valence-corrected chi connectivity index (χ3v) is 7.34. The van der Waals surface area contributed by atoms with Crippen molar-refractivity contribution in [3.8, 4) is 0 Å². The molecule has 0 aromatic heterocycles. The van der Waals surface area contributed by atoms with Crippen LogP contribution in [0.3, 0.4) is 0 Å². The number of aliphatic hydroxyl groups is 1. The molecule has 3 fully saturated rings. The molecule has 2 radical (unpaired) electrons. The Kier molecular flexibility index (Phi) is 4.25. The minimum absolute atomic E-state index is 0.350. The van der Waals surface area contributed by atoms with Gasteiger partial charge in [0.15, 0.2) is 0 Å². The fourth-order valence-corrected chi connectivity index (χ4v) is 5.89. The van der Waals surface area contributed by atoms with Crippen LogP contribution in [-0.2, 0) is 0 Å². The Bertz CT molecular complexity index is 393. The van der Waals surface area contributed by atoms with E-state index in [9.17, 15) is 5.11 Å². The van der Waals surface area contributed by atoms with Gasteiger partial charge < -0.3 is 5.11 Å². The molecular weight excluding hydrogens is 256 g/mol. The van der Waals surface area contributed by atoms with Crippen LogP contribution in [0.2, 0.25) is 0 Å². The Morgan fingerprint density at radius 1 is 1.24 bits per heavy atom. The summed E-state index contributed by atoms with van der Waals surface area (Å²) < 4.78 is 0. The second kappa shape index (κ2) is 5.72. The number of rotatable bonds is 3. The standard InChI is InChI=1S/C20H32O/c1-15-7-8-18-16(10-14-21)17(9-13-20(15,18)3)19(2)11-5-4-6-12-19/h4,11,16-18,21H,1,5-10,12-14H2,2-3H3/t16-,17-,18-,19+,20+/m0/s1. The maximum Gasteiger partial charge on any atom is 0.0433 e. The van der Waals surface area contributed by atoms with E-state index in [-0.39, 0.29) is 0 Å². The maximum absolute atomic E-state index is 9.65. The average molecular weight is 288 g/mol. The molecule has 1 nitrogen and oxygen atoms in total. The summed E-state index contributed by atoms with van der Waals surface area (Å²) in [7, 11) is 0. The molecular formula is C20H32O. The quantitative estimate of drug-likeness (QED) is 0.727. The molecule has 0 bridgehead atoms. The molecule has 0 unspecified atom stereocenters. The van der Waals surface area contributed by atoms with Gasteiger partial charge >= 0.3 is 0 Å². The second-order valence-electron chi connectivity index (χ2n) is 8.26. The lowest BCUT2D eigenvalue weighted by atomic mass is 9.51. The first kappa shape index (κ1) is 15.6. The van der Waals surface area contributed by atoms with Gasteiger partial charge in [-0.1, -0.05) is 26.0 Å². The molecule has 118 valence electrons. The largest absolute Gasteiger partial charge is 0.396 e. The van der Waals surface area contributed by atoms with E-state index in [0.717, 1.165) is 18.3 Å². The van der Waals surface area contributed by atoms with Crippen molar-refractivity contribution in [3.05, 3.63) is 25.0 Å². The van der Waals surface area contributed by atoms with Crippen molar-refractivity contribution < 1.29 is 5.11 Å². The predicted molar refractivity (Wildman–Crippen MR) is 88.4 cm³/mol. The summed E-state index contributed by atoms with van der Waals surface area (Å²) in [6.45, 7) is 9.67. The second-order valence-corrected chi connectivity index (χ2v) is 8.26. The van der Waals surface area contributed by atoms with E-state index in [2.05, 4.69) is 33.3 Å². The van der Waals surface area contributed by atoms with Crippen LogP contribution in [0, 0.1) is 41.4 Å². The zero-order chi connectivity index (χ0) is 15.1. The SMILES string of the molecule is C=C1CC[C@H]2[C@@H](CCO)[C@@H]([C@]3(C)[CH]C[CH]CC3)CC[C@]12C. The lowest BCUT2D eigenvalue weighted by Gasteiger charge is -2.54. The third-order valence-electron chi connectivity index (χ3n) is 7.34. The number of aliphatic hydroxyl groups excluding tert-OH is 1. The van der Waals surface area contributed by atoms with Gasteiger partial charge in [-0.2, -0.15) is 0 Å². The van der Waals surface area contributed by atoms with E-state index in [1.165, 1.54) is 50.5 Å². The Morgan fingerprint density at radius 2 is 2.05 bits per heavy atom. The monoisotopic (exact) mass is 288 g/mol. The van der Waals surface area contributed by atoms with Crippen LogP contribution in [0.15, 0.2) is 12.2 Å². The summed E-state index contributed by atoms with van der Waals surface area (Å²) in [6.07, 6.45) is 14.9. The lowest BCUT2D eigenvalue weighted by Crippen LogP contribution is -2.46. The maximum atomic E-state index is 9.65. The molecule has 3 saturated carbocycles. The number of hydrogen-bond donors (Lipinski definition) is 1. The van der Waals surface area contributed by atoms with Crippen LogP contribution in [0.25, 0.3) is 0 Å². The summed E-state index contributed by atoms with van der Waals surface area (Å²) in [4.78, 5) is 0. The predicted octanol–water partition coefficient (Wildman–Crippen LogP) is 4.97. The zero-order valence-electron chi connectivity index (χ0n) is 13.9. The van der Waals surface area contributed by atoms with Crippen LogP contribution in [0.4, 0.5) is 0 Å². The fourth-order valence-electron chi connectivity index (χ4n) is 5.89. The van der Waals surface area contributed by atoms with Crippen molar-refractivity contribution in [1.29, 1.82) is 0 Å². The highest BCUT2D eigenvalue weighted by atomic mass is 16.3. The van der Waals surface area contributed by atoms with Gasteiger partial charge in [-0.25, -0.2) is 0 Å². The van der Waals surface area contributed by atoms with Crippen LogP contribution in [0.5, 0.6) is 0 Å². The third kappa shape index (κ3) is 2.50. The molecule has 3 aliphatic carbocycles. The highest BCUT2D eigenvalue weighted by Gasteiger charge is 2.54. The lowest BCUT2D eigenvalue weighted by molar-refractivity contribution is -0.0162. The first-order chi connectivity index (χ1) is 10.0. The topological polar surface area (TPSA) is 20.2 Å². The molecule has 0 aromatic carbocycles. The Balaban J connectivity index is 1.86. The molecule has 0 aromatic rings. The molecule has 0 amide bonds. The van der Waals surface area contributed by atoms with Gasteiger partial charge in [0.1, 0.15) is 0 Å². The minimum Gasteiger partial charge on any atom is -0.396 e. The minimum atomic E-state index is 0.350. The van der Waals surface area contributed by atoms with Gasteiger partial charge in [0.05, 0.1) is 0 Å². The number of fused-ring (bicyclic) bond motifs is 1. The number of hydrogen-bond acceptors (Lipinski definition) is 1. The average Bonchev–Trinajstić information content (AvgIpc) is 2.76. The van der Waals surface area contributed by atoms with Crippen molar-refractivity contribution in [1.82, 2.24) is 0 Å². The van der Waals surface area contributed by atoms with Gasteiger partial charge in [-0.05, 0) is 92.8 Å². The molecule has 0 saturated heterocycles. The van der Waals surface area contributed by atoms with E-state index < -0.39 is 0 Å². The summed E-state index contributed by atoms with van der Waals surface area (Å²) in [5, 5.41) is 9.65. The summed E-state index contributed by atoms with van der Waals surface area (Å²) >= 11 is 0. The van der Waals surface area contributed by atoms with Crippen LogP contribution < -0.4 is 0 Å². The normalized spacial score (nSPS) is 42.8. The van der Waals surface area contributed by atoms with E-state index in [0.29, 0.717) is 23.4 Å². The molecule has 21 heavy (non-hydrogen) atoms. The zero-order valence-corrected chi connectivity index (χ0v) is 13.9. The molecule has 5 atom stereocenters. The van der Waals surface area contributed by atoms with E-state index in [4.69, 9.17) is 0 Å².